The quantitative estimate of drug-likeness (QED) is 0.483. The average Bonchev–Trinajstić information content (AvgIpc) is 2.97. The Balaban J connectivity index is 1.39. The predicted molar refractivity (Wildman–Crippen MR) is 157 cm³/mol. The summed E-state index contributed by atoms with van der Waals surface area (Å²) in [5.74, 6) is 1.88. The van der Waals surface area contributed by atoms with E-state index in [0.29, 0.717) is 42.6 Å². The van der Waals surface area contributed by atoms with Crippen molar-refractivity contribution >= 4 is 34.8 Å². The van der Waals surface area contributed by atoms with Crippen LogP contribution in [-0.2, 0) is 9.53 Å². The third kappa shape index (κ3) is 5.78. The van der Waals surface area contributed by atoms with Crippen molar-refractivity contribution in [2.75, 3.05) is 62.1 Å². The van der Waals surface area contributed by atoms with Gasteiger partial charge in [-0.05, 0) is 83.1 Å². The molecule has 0 radical (unpaired) electrons. The Morgan fingerprint density at radius 1 is 1.18 bits per heavy atom. The van der Waals surface area contributed by atoms with E-state index >= 15 is 0 Å². The first kappa shape index (κ1) is 27.9. The van der Waals surface area contributed by atoms with Gasteiger partial charge in [0.1, 0.15) is 17.6 Å². The van der Waals surface area contributed by atoms with Crippen LogP contribution in [0.5, 0.6) is 5.75 Å². The van der Waals surface area contributed by atoms with Crippen molar-refractivity contribution in [3.8, 4) is 5.75 Å². The van der Waals surface area contributed by atoms with E-state index < -0.39 is 0 Å². The molecule has 2 amide bonds. The highest BCUT2D eigenvalue weighted by Crippen LogP contribution is 2.39. The van der Waals surface area contributed by atoms with Crippen molar-refractivity contribution in [3.63, 3.8) is 0 Å². The SMILES string of the molecule is C=CCN1C(=O)[C@@H](C)N(C2CCOCC2)c2nc(Nc3ccc(C(=O)NC4CCN(C)CC4)cc3OC)ccc21. The maximum absolute atomic E-state index is 13.3. The normalized spacial score (nSPS) is 20.7. The van der Waals surface area contributed by atoms with Crippen molar-refractivity contribution in [2.24, 2.45) is 0 Å². The molecular formula is C30H40N6O4. The van der Waals surface area contributed by atoms with Crippen molar-refractivity contribution in [2.45, 2.75) is 50.7 Å². The summed E-state index contributed by atoms with van der Waals surface area (Å²) < 4.78 is 11.2. The first-order chi connectivity index (χ1) is 19.4. The molecule has 0 unspecified atom stereocenters. The van der Waals surface area contributed by atoms with E-state index in [-0.39, 0.29) is 29.9 Å². The second-order valence-corrected chi connectivity index (χ2v) is 10.8. The summed E-state index contributed by atoms with van der Waals surface area (Å²) in [6.45, 7) is 9.50. The summed E-state index contributed by atoms with van der Waals surface area (Å²) in [5.41, 5.74) is 2.03. The number of likely N-dealkylation sites (tertiary alicyclic amines) is 1. The van der Waals surface area contributed by atoms with Crippen LogP contribution >= 0.6 is 0 Å². The maximum Gasteiger partial charge on any atom is 0.251 e. The molecule has 0 spiro atoms. The molecule has 1 atom stereocenters. The number of fused-ring (bicyclic) bond motifs is 1. The Hall–Kier alpha value is -3.63. The molecule has 2 aromatic rings. The van der Waals surface area contributed by atoms with Gasteiger partial charge in [-0.2, -0.15) is 0 Å². The number of amides is 2. The number of hydrogen-bond donors (Lipinski definition) is 2. The number of hydrogen-bond acceptors (Lipinski definition) is 8. The fourth-order valence-corrected chi connectivity index (χ4v) is 5.82. The van der Waals surface area contributed by atoms with Crippen LogP contribution in [0, 0.1) is 0 Å². The molecule has 2 N–H and O–H groups in total. The first-order valence-corrected chi connectivity index (χ1v) is 14.1. The topological polar surface area (TPSA) is 99.3 Å². The number of aromatic nitrogens is 1. The minimum Gasteiger partial charge on any atom is -0.495 e. The summed E-state index contributed by atoms with van der Waals surface area (Å²) >= 11 is 0. The zero-order valence-corrected chi connectivity index (χ0v) is 23.7. The zero-order chi connectivity index (χ0) is 28.2. The molecule has 3 aliphatic rings. The highest BCUT2D eigenvalue weighted by Gasteiger charge is 2.40. The van der Waals surface area contributed by atoms with Crippen molar-refractivity contribution < 1.29 is 19.1 Å². The van der Waals surface area contributed by atoms with Gasteiger partial charge in [0, 0.05) is 37.4 Å². The number of ether oxygens (including phenoxy) is 2. The number of rotatable bonds is 8. The molecular weight excluding hydrogens is 508 g/mol. The van der Waals surface area contributed by atoms with Crippen LogP contribution in [0.25, 0.3) is 0 Å². The van der Waals surface area contributed by atoms with Gasteiger partial charge >= 0.3 is 0 Å². The van der Waals surface area contributed by atoms with E-state index in [4.69, 9.17) is 14.5 Å². The van der Waals surface area contributed by atoms with Crippen LogP contribution in [0.15, 0.2) is 43.0 Å². The number of carbonyl (C=O) groups is 2. The Bertz CT molecular complexity index is 1240. The highest BCUT2D eigenvalue weighted by molar-refractivity contribution is 6.05. The molecule has 214 valence electrons. The number of benzene rings is 1. The molecule has 40 heavy (non-hydrogen) atoms. The van der Waals surface area contributed by atoms with Gasteiger partial charge in [-0.3, -0.25) is 9.59 Å². The first-order valence-electron chi connectivity index (χ1n) is 14.1. The second-order valence-electron chi connectivity index (χ2n) is 10.8. The van der Waals surface area contributed by atoms with Crippen molar-refractivity contribution in [1.29, 1.82) is 0 Å². The van der Waals surface area contributed by atoms with Gasteiger partial charge in [-0.1, -0.05) is 6.08 Å². The molecule has 2 saturated heterocycles. The molecule has 10 heteroatoms. The van der Waals surface area contributed by atoms with E-state index in [1.54, 1.807) is 30.2 Å². The lowest BCUT2D eigenvalue weighted by molar-refractivity contribution is -0.120. The lowest BCUT2D eigenvalue weighted by Gasteiger charge is -2.45. The van der Waals surface area contributed by atoms with Crippen LogP contribution in [0.2, 0.25) is 0 Å². The Morgan fingerprint density at radius 3 is 2.62 bits per heavy atom. The van der Waals surface area contributed by atoms with E-state index in [9.17, 15) is 9.59 Å². The number of pyridine rings is 1. The molecule has 1 aromatic carbocycles. The average molecular weight is 549 g/mol. The van der Waals surface area contributed by atoms with E-state index in [1.807, 2.05) is 25.1 Å². The summed E-state index contributed by atoms with van der Waals surface area (Å²) in [5, 5.41) is 6.53. The lowest BCUT2D eigenvalue weighted by atomic mass is 10.0. The third-order valence-corrected chi connectivity index (χ3v) is 8.11. The molecule has 0 bridgehead atoms. The third-order valence-electron chi connectivity index (χ3n) is 8.11. The van der Waals surface area contributed by atoms with Crippen molar-refractivity contribution in [1.82, 2.24) is 15.2 Å². The largest absolute Gasteiger partial charge is 0.495 e. The summed E-state index contributed by atoms with van der Waals surface area (Å²) in [4.78, 5) is 37.5. The van der Waals surface area contributed by atoms with E-state index in [0.717, 1.165) is 50.3 Å². The minimum atomic E-state index is -0.352. The fraction of sp³-hybridized carbons (Fsp3) is 0.500. The molecule has 4 heterocycles. The van der Waals surface area contributed by atoms with Gasteiger partial charge in [-0.15, -0.1) is 6.58 Å². The molecule has 0 aliphatic carbocycles. The fourth-order valence-electron chi connectivity index (χ4n) is 5.82. The lowest BCUT2D eigenvalue weighted by Crippen LogP contribution is -2.57. The van der Waals surface area contributed by atoms with Crippen LogP contribution < -0.4 is 25.2 Å². The van der Waals surface area contributed by atoms with Crippen LogP contribution in [0.4, 0.5) is 23.0 Å². The molecule has 1 aromatic heterocycles. The number of anilines is 4. The standard InChI is InChI=1S/C30H40N6O4/c1-5-14-35-25-8-9-27(33-28(25)36(20(2)30(35)38)23-12-17-40-18-13-23)32-24-7-6-21(19-26(24)39-4)29(37)31-22-10-15-34(3)16-11-22/h5-9,19-20,22-23H,1,10-18H2,2-4H3,(H,31,37)(H,32,33)/t20-/m1/s1. The number of piperidine rings is 1. The molecule has 0 saturated carbocycles. The van der Waals surface area contributed by atoms with Crippen LogP contribution in [0.1, 0.15) is 43.0 Å². The highest BCUT2D eigenvalue weighted by atomic mass is 16.5. The maximum atomic E-state index is 13.3. The molecule has 2 fully saturated rings. The number of nitrogens with zero attached hydrogens (tertiary/aromatic N) is 4. The Morgan fingerprint density at radius 2 is 1.93 bits per heavy atom. The summed E-state index contributed by atoms with van der Waals surface area (Å²) in [6, 6.07) is 9.18. The Kier molecular flexibility index (Phi) is 8.56. The van der Waals surface area contributed by atoms with Crippen LogP contribution in [0.3, 0.4) is 0 Å². The monoisotopic (exact) mass is 548 g/mol. The molecule has 10 nitrogen and oxygen atoms in total. The second kappa shape index (κ2) is 12.3. The van der Waals surface area contributed by atoms with Gasteiger partial charge in [0.15, 0.2) is 5.82 Å². The van der Waals surface area contributed by atoms with Gasteiger partial charge in [0.05, 0.1) is 18.5 Å². The van der Waals surface area contributed by atoms with E-state index in [2.05, 4.69) is 34.1 Å². The number of nitrogens with one attached hydrogen (secondary N) is 2. The van der Waals surface area contributed by atoms with Crippen LogP contribution in [-0.4, -0.2) is 86.8 Å². The minimum absolute atomic E-state index is 0.0391. The van der Waals surface area contributed by atoms with Gasteiger partial charge < -0.3 is 34.8 Å². The van der Waals surface area contributed by atoms with E-state index in [1.165, 1.54) is 0 Å². The van der Waals surface area contributed by atoms with Gasteiger partial charge in [-0.25, -0.2) is 4.98 Å². The Labute approximate surface area is 236 Å². The zero-order valence-electron chi connectivity index (χ0n) is 23.7. The number of carbonyl (C=O) groups excluding carboxylic acids is 2. The van der Waals surface area contributed by atoms with Crippen molar-refractivity contribution in [3.05, 3.63) is 48.6 Å². The predicted octanol–water partition coefficient (Wildman–Crippen LogP) is 3.56. The summed E-state index contributed by atoms with van der Waals surface area (Å²) in [6.07, 6.45) is 5.31. The number of methoxy groups -OCH3 is 1. The molecule has 5 rings (SSSR count). The molecule has 3 aliphatic heterocycles. The summed E-state index contributed by atoms with van der Waals surface area (Å²) in [7, 11) is 3.69. The smallest absolute Gasteiger partial charge is 0.251 e. The van der Waals surface area contributed by atoms with Gasteiger partial charge in [0.2, 0.25) is 5.91 Å². The van der Waals surface area contributed by atoms with Gasteiger partial charge in [0.25, 0.3) is 5.91 Å².